The van der Waals surface area contributed by atoms with E-state index in [1.807, 2.05) is 0 Å². The van der Waals surface area contributed by atoms with Crippen molar-refractivity contribution in [3.8, 4) is 0 Å². The number of nitrogens with one attached hydrogen (secondary N) is 2. The van der Waals surface area contributed by atoms with Crippen molar-refractivity contribution in [1.29, 1.82) is 0 Å². The number of hydrogen-bond acceptors (Lipinski definition) is 4. The van der Waals surface area contributed by atoms with Crippen LogP contribution in [0.1, 0.15) is 6.42 Å². The van der Waals surface area contributed by atoms with E-state index in [-0.39, 0.29) is 18.2 Å². The van der Waals surface area contributed by atoms with Gasteiger partial charge in [0.25, 0.3) is 5.91 Å². The molecule has 6 heteroatoms. The molecule has 0 spiro atoms. The molecule has 1 aliphatic rings. The third kappa shape index (κ3) is 1.34. The van der Waals surface area contributed by atoms with Crippen LogP contribution in [-0.4, -0.2) is 40.0 Å². The molecule has 1 atom stereocenters. The molecule has 2 N–H and O–H groups in total. The van der Waals surface area contributed by atoms with Crippen LogP contribution in [0.2, 0.25) is 0 Å². The van der Waals surface area contributed by atoms with Gasteiger partial charge in [-0.1, -0.05) is 0 Å². The molecular weight excluding hydrogens is 184 g/mol. The van der Waals surface area contributed by atoms with Crippen LogP contribution in [0.4, 0.5) is 5.69 Å². The summed E-state index contributed by atoms with van der Waals surface area (Å²) in [6.07, 6.45) is 3.41. The molecule has 1 aromatic rings. The Labute approximate surface area is 80.3 Å². The van der Waals surface area contributed by atoms with E-state index in [4.69, 9.17) is 0 Å². The number of anilines is 1. The lowest BCUT2D eigenvalue weighted by atomic mass is 10.2. The van der Waals surface area contributed by atoms with E-state index in [0.717, 1.165) is 4.90 Å². The van der Waals surface area contributed by atoms with Crippen LogP contribution in [0, 0.1) is 0 Å². The summed E-state index contributed by atoms with van der Waals surface area (Å²) in [5.74, 6) is -0.354. The molecule has 2 amide bonds. The SMILES string of the molecule is CN1C(=O)CC(Nc2cn[nH]c2)C1=O. The Morgan fingerprint density at radius 1 is 1.64 bits per heavy atom. The fraction of sp³-hybridized carbons (Fsp3) is 0.375. The molecule has 0 aromatic carbocycles. The molecule has 74 valence electrons. The number of carbonyl (C=O) groups excluding carboxylic acids is 2. The summed E-state index contributed by atoms with van der Waals surface area (Å²) in [6.45, 7) is 0. The fourth-order valence-electron chi connectivity index (χ4n) is 1.40. The molecule has 0 radical (unpaired) electrons. The van der Waals surface area contributed by atoms with Crippen molar-refractivity contribution in [3.63, 3.8) is 0 Å². The highest BCUT2D eigenvalue weighted by Gasteiger charge is 2.35. The normalized spacial score (nSPS) is 21.8. The van der Waals surface area contributed by atoms with E-state index < -0.39 is 6.04 Å². The molecule has 0 aliphatic carbocycles. The van der Waals surface area contributed by atoms with Gasteiger partial charge in [-0.2, -0.15) is 5.10 Å². The van der Waals surface area contributed by atoms with Crippen molar-refractivity contribution in [2.45, 2.75) is 12.5 Å². The Morgan fingerprint density at radius 3 is 2.93 bits per heavy atom. The number of imide groups is 1. The minimum atomic E-state index is -0.454. The molecule has 14 heavy (non-hydrogen) atoms. The van der Waals surface area contributed by atoms with E-state index in [1.165, 1.54) is 7.05 Å². The van der Waals surface area contributed by atoms with Gasteiger partial charge >= 0.3 is 0 Å². The maximum absolute atomic E-state index is 11.5. The lowest BCUT2D eigenvalue weighted by Crippen LogP contribution is -2.31. The third-order valence-corrected chi connectivity index (χ3v) is 2.22. The number of aromatic nitrogens is 2. The number of nitrogens with zero attached hydrogens (tertiary/aromatic N) is 2. The van der Waals surface area contributed by atoms with Crippen LogP contribution in [0.5, 0.6) is 0 Å². The Balaban J connectivity index is 2.07. The highest BCUT2D eigenvalue weighted by Crippen LogP contribution is 2.15. The maximum atomic E-state index is 11.5. The molecule has 0 saturated carbocycles. The molecular formula is C8H10N4O2. The van der Waals surface area contributed by atoms with Gasteiger partial charge < -0.3 is 5.32 Å². The van der Waals surface area contributed by atoms with E-state index in [9.17, 15) is 9.59 Å². The van der Waals surface area contributed by atoms with Crippen LogP contribution < -0.4 is 5.32 Å². The van der Waals surface area contributed by atoms with Crippen LogP contribution in [0.25, 0.3) is 0 Å². The Bertz CT molecular complexity index is 359. The van der Waals surface area contributed by atoms with E-state index in [0.29, 0.717) is 5.69 Å². The molecule has 1 saturated heterocycles. The second-order valence-electron chi connectivity index (χ2n) is 3.18. The first kappa shape index (κ1) is 8.74. The van der Waals surface area contributed by atoms with E-state index in [1.54, 1.807) is 12.4 Å². The molecule has 1 aliphatic heterocycles. The number of aromatic amines is 1. The number of likely N-dealkylation sites (tertiary alicyclic amines) is 1. The average Bonchev–Trinajstić information content (AvgIpc) is 2.73. The zero-order chi connectivity index (χ0) is 10.1. The second kappa shape index (κ2) is 3.13. The molecule has 1 unspecified atom stereocenters. The number of amides is 2. The van der Waals surface area contributed by atoms with Crippen LogP contribution in [0.15, 0.2) is 12.4 Å². The van der Waals surface area contributed by atoms with Crippen LogP contribution >= 0.6 is 0 Å². The summed E-state index contributed by atoms with van der Waals surface area (Å²) < 4.78 is 0. The zero-order valence-corrected chi connectivity index (χ0v) is 7.65. The first-order valence-corrected chi connectivity index (χ1v) is 4.24. The average molecular weight is 194 g/mol. The number of hydrogen-bond donors (Lipinski definition) is 2. The predicted molar refractivity (Wildman–Crippen MR) is 48.4 cm³/mol. The van der Waals surface area contributed by atoms with Gasteiger partial charge in [-0.05, 0) is 0 Å². The molecule has 2 rings (SSSR count). The lowest BCUT2D eigenvalue weighted by molar-refractivity contribution is -0.136. The fourth-order valence-corrected chi connectivity index (χ4v) is 1.40. The Kier molecular flexibility index (Phi) is 1.95. The summed E-state index contributed by atoms with van der Waals surface area (Å²) in [5.41, 5.74) is 0.714. The van der Waals surface area contributed by atoms with Gasteiger partial charge in [0.1, 0.15) is 6.04 Å². The van der Waals surface area contributed by atoms with Gasteiger partial charge in [0.2, 0.25) is 5.91 Å². The highest BCUT2D eigenvalue weighted by atomic mass is 16.2. The molecule has 0 bridgehead atoms. The third-order valence-electron chi connectivity index (χ3n) is 2.22. The van der Waals surface area contributed by atoms with E-state index in [2.05, 4.69) is 15.5 Å². The molecule has 6 nitrogen and oxygen atoms in total. The minimum absolute atomic E-state index is 0.156. The first-order chi connectivity index (χ1) is 6.68. The Morgan fingerprint density at radius 2 is 2.43 bits per heavy atom. The molecule has 2 heterocycles. The second-order valence-corrected chi connectivity index (χ2v) is 3.18. The quantitative estimate of drug-likeness (QED) is 0.627. The Hall–Kier alpha value is -1.85. The number of carbonyl (C=O) groups is 2. The molecule has 1 fully saturated rings. The molecule has 1 aromatic heterocycles. The van der Waals surface area contributed by atoms with Crippen molar-refractivity contribution in [1.82, 2.24) is 15.1 Å². The summed E-state index contributed by atoms with van der Waals surface area (Å²) >= 11 is 0. The summed E-state index contributed by atoms with van der Waals surface area (Å²) in [5, 5.41) is 9.27. The lowest BCUT2D eigenvalue weighted by Gasteiger charge is -2.09. The predicted octanol–water partition coefficient (Wildman–Crippen LogP) is -0.421. The monoisotopic (exact) mass is 194 g/mol. The summed E-state index contributed by atoms with van der Waals surface area (Å²) in [6, 6.07) is -0.454. The van der Waals surface area contributed by atoms with Gasteiger partial charge in [-0.25, -0.2) is 0 Å². The van der Waals surface area contributed by atoms with Crippen LogP contribution in [0.3, 0.4) is 0 Å². The van der Waals surface area contributed by atoms with Gasteiger partial charge in [-0.3, -0.25) is 19.6 Å². The smallest absolute Gasteiger partial charge is 0.251 e. The van der Waals surface area contributed by atoms with E-state index >= 15 is 0 Å². The van der Waals surface area contributed by atoms with Gasteiger partial charge in [-0.15, -0.1) is 0 Å². The van der Waals surface area contributed by atoms with Crippen LogP contribution in [-0.2, 0) is 9.59 Å². The van der Waals surface area contributed by atoms with Gasteiger partial charge in [0.05, 0.1) is 18.3 Å². The minimum Gasteiger partial charge on any atom is -0.371 e. The summed E-state index contributed by atoms with van der Waals surface area (Å²) in [7, 11) is 1.49. The highest BCUT2D eigenvalue weighted by molar-refractivity contribution is 6.06. The van der Waals surface area contributed by atoms with Gasteiger partial charge in [0, 0.05) is 13.2 Å². The standard InChI is InChI=1S/C8H10N4O2/c1-12-7(13)2-6(8(12)14)11-5-3-9-10-4-5/h3-4,6,11H,2H2,1H3,(H,9,10). The van der Waals surface area contributed by atoms with Crippen molar-refractivity contribution in [2.24, 2.45) is 0 Å². The maximum Gasteiger partial charge on any atom is 0.251 e. The van der Waals surface area contributed by atoms with Crippen molar-refractivity contribution >= 4 is 17.5 Å². The summed E-state index contributed by atoms with van der Waals surface area (Å²) in [4.78, 5) is 23.8. The topological polar surface area (TPSA) is 78.1 Å². The van der Waals surface area contributed by atoms with Crippen molar-refractivity contribution in [2.75, 3.05) is 12.4 Å². The first-order valence-electron chi connectivity index (χ1n) is 4.24. The number of rotatable bonds is 2. The van der Waals surface area contributed by atoms with Crippen molar-refractivity contribution in [3.05, 3.63) is 12.4 Å². The number of H-pyrrole nitrogens is 1. The largest absolute Gasteiger partial charge is 0.371 e. The van der Waals surface area contributed by atoms with Crippen molar-refractivity contribution < 1.29 is 9.59 Å². The van der Waals surface area contributed by atoms with Gasteiger partial charge in [0.15, 0.2) is 0 Å². The number of likely N-dealkylation sites (N-methyl/N-ethyl adjacent to an activating group) is 1. The zero-order valence-electron chi connectivity index (χ0n) is 7.65.